The Morgan fingerprint density at radius 3 is 2.35 bits per heavy atom. The fourth-order valence-corrected chi connectivity index (χ4v) is 3.48. The molecule has 0 spiro atoms. The molecule has 1 aliphatic rings. The molecule has 0 atom stereocenters. The van der Waals surface area contributed by atoms with Crippen LogP contribution in [0.1, 0.15) is 33.3 Å². The number of halogens is 1. The lowest BCUT2D eigenvalue weighted by molar-refractivity contribution is -0.133. The van der Waals surface area contributed by atoms with E-state index in [1.807, 2.05) is 7.05 Å². The van der Waals surface area contributed by atoms with Crippen molar-refractivity contribution in [2.24, 2.45) is 0 Å². The Labute approximate surface area is 130 Å². The number of ether oxygens (including phenoxy) is 1. The van der Waals surface area contributed by atoms with Crippen molar-refractivity contribution in [3.8, 4) is 0 Å². The number of rotatable bonds is 3. The van der Waals surface area contributed by atoms with Gasteiger partial charge in [-0.2, -0.15) is 0 Å². The summed E-state index contributed by atoms with van der Waals surface area (Å²) in [6.07, 6.45) is 0. The van der Waals surface area contributed by atoms with Gasteiger partial charge in [0.2, 0.25) is 0 Å². The molecule has 4 heteroatoms. The topological polar surface area (TPSA) is 24.5 Å². The molecule has 0 radical (unpaired) electrons. The van der Waals surface area contributed by atoms with E-state index in [4.69, 9.17) is 4.74 Å². The van der Waals surface area contributed by atoms with Gasteiger partial charge in [-0.25, -0.2) is 0 Å². The largest absolute Gasteiger partial charge is 0.366 e. The average Bonchev–Trinajstić information content (AvgIpc) is 2.27. The summed E-state index contributed by atoms with van der Waals surface area (Å²) < 4.78 is 7.29. The van der Waals surface area contributed by atoms with E-state index in [2.05, 4.69) is 72.0 Å². The van der Waals surface area contributed by atoms with E-state index < -0.39 is 0 Å². The molecule has 1 N–H and O–H groups in total. The molecule has 0 bridgehead atoms. The molecule has 2 rings (SSSR count). The maximum absolute atomic E-state index is 6.17. The number of anilines is 1. The van der Waals surface area contributed by atoms with Gasteiger partial charge in [0.25, 0.3) is 0 Å². The smallest absolute Gasteiger partial charge is 0.0808 e. The van der Waals surface area contributed by atoms with Gasteiger partial charge in [0, 0.05) is 29.8 Å². The van der Waals surface area contributed by atoms with Crippen LogP contribution in [-0.4, -0.2) is 31.3 Å². The van der Waals surface area contributed by atoms with E-state index in [0.29, 0.717) is 0 Å². The van der Waals surface area contributed by atoms with Gasteiger partial charge in [-0.15, -0.1) is 0 Å². The van der Waals surface area contributed by atoms with E-state index in [-0.39, 0.29) is 11.2 Å². The molecule has 0 aromatic heterocycles. The number of hydrogen-bond acceptors (Lipinski definition) is 3. The Morgan fingerprint density at radius 2 is 1.80 bits per heavy atom. The van der Waals surface area contributed by atoms with Gasteiger partial charge in [-0.3, -0.25) is 0 Å². The summed E-state index contributed by atoms with van der Waals surface area (Å²) in [5.41, 5.74) is 2.34. The zero-order valence-electron chi connectivity index (χ0n) is 13.1. The van der Waals surface area contributed by atoms with Crippen molar-refractivity contribution in [3.05, 3.63) is 28.2 Å². The van der Waals surface area contributed by atoms with Crippen LogP contribution < -0.4 is 10.2 Å². The molecule has 1 heterocycles. The van der Waals surface area contributed by atoms with Crippen molar-refractivity contribution >= 4 is 21.6 Å². The van der Waals surface area contributed by atoms with Crippen LogP contribution >= 0.6 is 15.9 Å². The summed E-state index contributed by atoms with van der Waals surface area (Å²) in [4.78, 5) is 2.45. The highest BCUT2D eigenvalue weighted by atomic mass is 79.9. The van der Waals surface area contributed by atoms with Gasteiger partial charge in [0.05, 0.1) is 11.2 Å². The monoisotopic (exact) mass is 340 g/mol. The maximum Gasteiger partial charge on any atom is 0.0808 e. The van der Waals surface area contributed by atoms with Gasteiger partial charge in [0.15, 0.2) is 0 Å². The van der Waals surface area contributed by atoms with E-state index in [1.54, 1.807) is 0 Å². The number of nitrogens with one attached hydrogen (secondary N) is 1. The van der Waals surface area contributed by atoms with Gasteiger partial charge in [-0.1, -0.05) is 22.0 Å². The molecule has 1 aromatic rings. The first-order valence-electron chi connectivity index (χ1n) is 7.11. The first-order valence-corrected chi connectivity index (χ1v) is 7.90. The van der Waals surface area contributed by atoms with E-state index in [1.165, 1.54) is 11.3 Å². The molecular weight excluding hydrogens is 316 g/mol. The summed E-state index contributed by atoms with van der Waals surface area (Å²) in [6, 6.07) is 6.50. The molecule has 0 unspecified atom stereocenters. The molecule has 1 fully saturated rings. The fraction of sp³-hybridized carbons (Fsp3) is 0.625. The summed E-state index contributed by atoms with van der Waals surface area (Å²) in [5, 5.41) is 3.25. The van der Waals surface area contributed by atoms with Crippen molar-refractivity contribution in [2.75, 3.05) is 25.0 Å². The van der Waals surface area contributed by atoms with Crippen LogP contribution in [0.5, 0.6) is 0 Å². The van der Waals surface area contributed by atoms with Gasteiger partial charge < -0.3 is 15.0 Å². The van der Waals surface area contributed by atoms with E-state index in [0.717, 1.165) is 24.1 Å². The second-order valence-corrected chi connectivity index (χ2v) is 7.70. The zero-order valence-corrected chi connectivity index (χ0v) is 14.7. The normalized spacial score (nSPS) is 21.0. The minimum absolute atomic E-state index is 0.138. The molecule has 0 aliphatic carbocycles. The Kier molecular flexibility index (Phi) is 4.47. The highest BCUT2D eigenvalue weighted by Crippen LogP contribution is 2.34. The van der Waals surface area contributed by atoms with Crippen LogP contribution in [0.2, 0.25) is 0 Å². The van der Waals surface area contributed by atoms with Gasteiger partial charge >= 0.3 is 0 Å². The van der Waals surface area contributed by atoms with E-state index >= 15 is 0 Å². The third kappa shape index (κ3) is 3.74. The lowest BCUT2D eigenvalue weighted by Crippen LogP contribution is -2.57. The van der Waals surface area contributed by atoms with Gasteiger partial charge in [0.1, 0.15) is 0 Å². The Balaban J connectivity index is 2.36. The second kappa shape index (κ2) is 5.66. The van der Waals surface area contributed by atoms with Crippen LogP contribution in [0, 0.1) is 0 Å². The quantitative estimate of drug-likeness (QED) is 0.910. The van der Waals surface area contributed by atoms with Crippen LogP contribution in [-0.2, 0) is 11.3 Å². The standard InChI is InChI=1S/C16H25BrN2O/c1-15(2)10-19(11-16(3,4)20-15)14-8-13(17)7-6-12(14)9-18-5/h6-8,18H,9-11H2,1-5H3. The van der Waals surface area contributed by atoms with Crippen LogP contribution in [0.15, 0.2) is 22.7 Å². The number of morpholine rings is 1. The molecule has 0 saturated carbocycles. The van der Waals surface area contributed by atoms with Gasteiger partial charge in [-0.05, 0) is 52.4 Å². The Bertz CT molecular complexity index is 469. The molecule has 0 amide bonds. The van der Waals surface area contributed by atoms with Crippen molar-refractivity contribution in [1.29, 1.82) is 0 Å². The second-order valence-electron chi connectivity index (χ2n) is 6.78. The fourth-order valence-electron chi connectivity index (χ4n) is 3.13. The first kappa shape index (κ1) is 15.8. The molecule has 112 valence electrons. The summed E-state index contributed by atoms with van der Waals surface area (Å²) in [6.45, 7) is 11.3. The minimum atomic E-state index is -0.138. The maximum atomic E-state index is 6.17. The number of hydrogen-bond donors (Lipinski definition) is 1. The molecule has 1 aliphatic heterocycles. The molecule has 1 saturated heterocycles. The zero-order chi connectivity index (χ0) is 15.0. The van der Waals surface area contributed by atoms with Crippen LogP contribution in [0.3, 0.4) is 0 Å². The predicted molar refractivity (Wildman–Crippen MR) is 88.4 cm³/mol. The van der Waals surface area contributed by atoms with Crippen molar-refractivity contribution in [3.63, 3.8) is 0 Å². The van der Waals surface area contributed by atoms with Crippen LogP contribution in [0.4, 0.5) is 5.69 Å². The highest BCUT2D eigenvalue weighted by Gasteiger charge is 2.38. The lowest BCUT2D eigenvalue weighted by Gasteiger charge is -2.48. The van der Waals surface area contributed by atoms with E-state index in [9.17, 15) is 0 Å². The van der Waals surface area contributed by atoms with Crippen molar-refractivity contribution in [1.82, 2.24) is 5.32 Å². The average molecular weight is 341 g/mol. The highest BCUT2D eigenvalue weighted by molar-refractivity contribution is 9.10. The Morgan fingerprint density at radius 1 is 1.20 bits per heavy atom. The predicted octanol–water partition coefficient (Wildman–Crippen LogP) is 3.56. The summed E-state index contributed by atoms with van der Waals surface area (Å²) in [7, 11) is 1.99. The van der Waals surface area contributed by atoms with Crippen molar-refractivity contribution in [2.45, 2.75) is 45.4 Å². The SMILES string of the molecule is CNCc1ccc(Br)cc1N1CC(C)(C)OC(C)(C)C1. The van der Waals surface area contributed by atoms with Crippen LogP contribution in [0.25, 0.3) is 0 Å². The number of nitrogens with zero attached hydrogens (tertiary/aromatic N) is 1. The Hall–Kier alpha value is -0.580. The molecule has 1 aromatic carbocycles. The minimum Gasteiger partial charge on any atom is -0.366 e. The van der Waals surface area contributed by atoms with Crippen molar-refractivity contribution < 1.29 is 4.74 Å². The number of benzene rings is 1. The summed E-state index contributed by atoms with van der Waals surface area (Å²) >= 11 is 3.59. The molecule has 3 nitrogen and oxygen atoms in total. The third-order valence-corrected chi connectivity index (χ3v) is 3.94. The third-order valence-electron chi connectivity index (χ3n) is 3.45. The molecule has 20 heavy (non-hydrogen) atoms. The first-order chi connectivity index (χ1) is 9.22. The summed E-state index contributed by atoms with van der Waals surface area (Å²) in [5.74, 6) is 0. The molecular formula is C16H25BrN2O. The lowest BCUT2D eigenvalue weighted by atomic mass is 9.97.